The Morgan fingerprint density at radius 2 is 1.68 bits per heavy atom. The first-order valence-electron chi connectivity index (χ1n) is 5.53. The zero-order valence-corrected chi connectivity index (χ0v) is 12.2. The number of hydrogen-bond donors (Lipinski definition) is 1. The number of sulfonamides is 1. The summed E-state index contributed by atoms with van der Waals surface area (Å²) in [6.45, 7) is 4.32. The molecule has 0 aliphatic carbocycles. The maximum Gasteiger partial charge on any atom is 0.516 e. The van der Waals surface area contributed by atoms with Crippen LogP contribution in [0.1, 0.15) is 6.92 Å². The third-order valence-corrected chi connectivity index (χ3v) is 3.20. The lowest BCUT2D eigenvalue weighted by molar-refractivity contribution is -0.171. The molecule has 0 radical (unpaired) electrons. The van der Waals surface area contributed by atoms with Gasteiger partial charge in [-0.15, -0.1) is 0 Å². The first kappa shape index (κ1) is 20.3. The molecule has 0 aromatic rings. The van der Waals surface area contributed by atoms with E-state index in [1.54, 1.807) is 0 Å². The maximum absolute atomic E-state index is 11.4. The smallest absolute Gasteiger partial charge is 0.362 e. The Morgan fingerprint density at radius 1 is 1.18 bits per heavy atom. The molecule has 13 heteroatoms. The van der Waals surface area contributed by atoms with E-state index in [-0.39, 0.29) is 4.72 Å². The Labute approximate surface area is 122 Å². The van der Waals surface area contributed by atoms with Gasteiger partial charge in [-0.05, 0) is 6.92 Å². The third-order valence-electron chi connectivity index (χ3n) is 2.13. The molecular weight excluding hydrogens is 344 g/mol. The molecule has 1 rings (SSSR count). The summed E-state index contributed by atoms with van der Waals surface area (Å²) in [7, 11) is -4.22. The predicted molar refractivity (Wildman–Crippen MR) is 63.3 cm³/mol. The Hall–Kier alpha value is -1.66. The number of carbonyl (C=O) groups is 1. The van der Waals surface area contributed by atoms with Gasteiger partial charge in [0.2, 0.25) is 0 Å². The zero-order valence-electron chi connectivity index (χ0n) is 11.4. The second-order valence-corrected chi connectivity index (χ2v) is 5.65. The van der Waals surface area contributed by atoms with Crippen LogP contribution in [-0.2, 0) is 14.8 Å². The van der Waals surface area contributed by atoms with Crippen LogP contribution < -0.4 is 4.72 Å². The van der Waals surface area contributed by atoms with Crippen molar-refractivity contribution in [2.24, 2.45) is 0 Å². The average Bonchev–Trinajstić information content (AvgIpc) is 2.72. The quantitative estimate of drug-likeness (QED) is 0.752. The number of carbonyl (C=O) groups excluding carboxylic acids is 1. The number of amides is 1. The van der Waals surface area contributed by atoms with Gasteiger partial charge in [0.05, 0.1) is 6.67 Å². The lowest BCUT2D eigenvalue weighted by Crippen LogP contribution is -2.46. The van der Waals surface area contributed by atoms with Gasteiger partial charge in [0.15, 0.2) is 0 Å². The van der Waals surface area contributed by atoms with E-state index >= 15 is 0 Å². The van der Waals surface area contributed by atoms with Crippen molar-refractivity contribution in [1.82, 2.24) is 14.5 Å². The lowest BCUT2D eigenvalue weighted by Gasteiger charge is -2.14. The minimum atomic E-state index is -6.30. The first-order chi connectivity index (χ1) is 9.70. The highest BCUT2D eigenvalue weighted by molar-refractivity contribution is 7.90. The Balaban J connectivity index is 0.000000461. The van der Waals surface area contributed by atoms with E-state index in [0.717, 1.165) is 13.2 Å². The fraction of sp³-hybridized carbons (Fsp3) is 0.667. The van der Waals surface area contributed by atoms with Crippen molar-refractivity contribution in [3.63, 3.8) is 0 Å². The third kappa shape index (κ3) is 6.41. The lowest BCUT2D eigenvalue weighted by atomic mass is 10.6. The SMILES string of the molecule is CCN1C=CN(C)C1.O=C(NS(=O)(=O)C(F)(F)F)C(F)(F)F. The fourth-order valence-corrected chi connectivity index (χ4v) is 1.51. The van der Waals surface area contributed by atoms with Crippen LogP contribution in [0, 0.1) is 0 Å². The van der Waals surface area contributed by atoms with Crippen LogP contribution in [0.15, 0.2) is 12.4 Å². The molecule has 1 aliphatic rings. The summed E-state index contributed by atoms with van der Waals surface area (Å²) in [4.78, 5) is 14.2. The topological polar surface area (TPSA) is 69.7 Å². The van der Waals surface area contributed by atoms with Crippen LogP contribution in [0.25, 0.3) is 0 Å². The Kier molecular flexibility index (Phi) is 6.53. The summed E-state index contributed by atoms with van der Waals surface area (Å²) >= 11 is 0. The van der Waals surface area contributed by atoms with Gasteiger partial charge in [-0.3, -0.25) is 4.79 Å². The Bertz CT molecular complexity index is 514. The predicted octanol–water partition coefficient (Wildman–Crippen LogP) is 1.20. The Morgan fingerprint density at radius 3 is 1.91 bits per heavy atom. The van der Waals surface area contributed by atoms with Gasteiger partial charge < -0.3 is 9.80 Å². The van der Waals surface area contributed by atoms with Crippen molar-refractivity contribution in [2.75, 3.05) is 20.3 Å². The molecule has 0 unspecified atom stereocenters. The molecule has 130 valence electrons. The second kappa shape index (κ2) is 7.07. The monoisotopic (exact) mass is 357 g/mol. The van der Waals surface area contributed by atoms with Crippen LogP contribution in [0.2, 0.25) is 0 Å². The molecule has 0 saturated heterocycles. The van der Waals surface area contributed by atoms with Crippen LogP contribution in [-0.4, -0.2) is 56.1 Å². The molecule has 1 heterocycles. The van der Waals surface area contributed by atoms with Crippen LogP contribution >= 0.6 is 0 Å². The average molecular weight is 357 g/mol. The minimum Gasteiger partial charge on any atom is -0.362 e. The molecule has 0 bridgehead atoms. The largest absolute Gasteiger partial charge is 0.516 e. The van der Waals surface area contributed by atoms with Crippen LogP contribution in [0.3, 0.4) is 0 Å². The molecule has 0 spiro atoms. The molecule has 0 atom stereocenters. The summed E-state index contributed by atoms with van der Waals surface area (Å²) in [5.41, 5.74) is -5.96. The van der Waals surface area contributed by atoms with Crippen molar-refractivity contribution < 1.29 is 39.6 Å². The highest BCUT2D eigenvalue weighted by atomic mass is 32.2. The molecule has 0 saturated carbocycles. The molecule has 1 amide bonds. The molecule has 1 aliphatic heterocycles. The highest BCUT2D eigenvalue weighted by Gasteiger charge is 2.51. The minimum absolute atomic E-state index is 0.181. The number of nitrogens with zero attached hydrogens (tertiary/aromatic N) is 2. The van der Waals surface area contributed by atoms with Gasteiger partial charge in [0.25, 0.3) is 0 Å². The van der Waals surface area contributed by atoms with Gasteiger partial charge >= 0.3 is 27.6 Å². The maximum atomic E-state index is 11.4. The summed E-state index contributed by atoms with van der Waals surface area (Å²) in [6, 6.07) is 0. The van der Waals surface area contributed by atoms with E-state index < -0.39 is 27.6 Å². The second-order valence-electron chi connectivity index (χ2n) is 3.98. The van der Waals surface area contributed by atoms with Crippen molar-refractivity contribution in [1.29, 1.82) is 0 Å². The van der Waals surface area contributed by atoms with Crippen molar-refractivity contribution >= 4 is 15.9 Å². The van der Waals surface area contributed by atoms with Gasteiger partial charge in [0.1, 0.15) is 0 Å². The van der Waals surface area contributed by atoms with Gasteiger partial charge in [-0.2, -0.15) is 34.8 Å². The van der Waals surface area contributed by atoms with E-state index in [1.807, 2.05) is 0 Å². The van der Waals surface area contributed by atoms with Crippen molar-refractivity contribution in [2.45, 2.75) is 18.6 Å². The molecule has 6 nitrogen and oxygen atoms in total. The number of rotatable bonds is 2. The molecular formula is C9H13F6N3O3S. The molecule has 22 heavy (non-hydrogen) atoms. The van der Waals surface area contributed by atoms with Gasteiger partial charge in [0, 0.05) is 26.0 Å². The van der Waals surface area contributed by atoms with E-state index in [9.17, 15) is 39.6 Å². The summed E-state index contributed by atoms with van der Waals surface area (Å²) in [6.07, 6.45) is -1.50. The first-order valence-corrected chi connectivity index (χ1v) is 7.02. The number of nitrogens with one attached hydrogen (secondary N) is 1. The van der Waals surface area contributed by atoms with E-state index in [1.165, 1.54) is 0 Å². The van der Waals surface area contributed by atoms with E-state index in [4.69, 9.17) is 0 Å². The summed E-state index contributed by atoms with van der Waals surface area (Å²) in [5, 5.41) is 0. The number of alkyl halides is 6. The normalized spacial score (nSPS) is 15.5. The van der Waals surface area contributed by atoms with Crippen molar-refractivity contribution in [3.8, 4) is 0 Å². The van der Waals surface area contributed by atoms with E-state index in [0.29, 0.717) is 0 Å². The summed E-state index contributed by atoms with van der Waals surface area (Å²) < 4.78 is 87.9. The molecule has 0 aromatic heterocycles. The fourth-order valence-electron chi connectivity index (χ4n) is 1.03. The summed E-state index contributed by atoms with van der Waals surface area (Å²) in [5.74, 6) is -3.20. The van der Waals surface area contributed by atoms with E-state index in [2.05, 4.69) is 36.2 Å². The van der Waals surface area contributed by atoms with Crippen LogP contribution in [0.5, 0.6) is 0 Å². The van der Waals surface area contributed by atoms with Gasteiger partial charge in [-0.25, -0.2) is 4.72 Å². The molecule has 1 N–H and O–H groups in total. The standard InChI is InChI=1S/C6H12N2.C3HF6NO3S/c1-3-8-5-4-7(2)6-8;4-2(5,6)1(11)10-14(12,13)3(7,8)9/h4-5H,3,6H2,1-2H3;(H,10,11). The molecule has 0 fully saturated rings. The number of halogens is 6. The number of hydrogen-bond acceptors (Lipinski definition) is 5. The van der Waals surface area contributed by atoms with Crippen molar-refractivity contribution in [3.05, 3.63) is 12.4 Å². The zero-order chi connectivity index (χ0) is 17.8. The van der Waals surface area contributed by atoms with Gasteiger partial charge in [-0.1, -0.05) is 0 Å². The van der Waals surface area contributed by atoms with Crippen LogP contribution in [0.4, 0.5) is 26.3 Å². The molecule has 0 aromatic carbocycles. The highest BCUT2D eigenvalue weighted by Crippen LogP contribution is 2.23.